The minimum atomic E-state index is -0.0417. The van der Waals surface area contributed by atoms with Gasteiger partial charge in [-0.1, -0.05) is 13.0 Å². The van der Waals surface area contributed by atoms with E-state index in [4.69, 9.17) is 0 Å². The number of carbonyl (C=O) groups is 2. The Morgan fingerprint density at radius 3 is 2.76 bits per heavy atom. The molecule has 0 bridgehead atoms. The van der Waals surface area contributed by atoms with Gasteiger partial charge in [0.2, 0.25) is 11.8 Å². The van der Waals surface area contributed by atoms with Crippen LogP contribution in [0.4, 0.5) is 0 Å². The molecule has 7 nitrogen and oxygen atoms in total. The van der Waals surface area contributed by atoms with Crippen molar-refractivity contribution in [2.75, 3.05) is 19.6 Å². The van der Waals surface area contributed by atoms with Gasteiger partial charge in [-0.05, 0) is 31.4 Å². The number of hydrogen-bond donors (Lipinski definition) is 1. The van der Waals surface area contributed by atoms with Crippen molar-refractivity contribution in [2.24, 2.45) is 0 Å². The zero-order valence-electron chi connectivity index (χ0n) is 14.6. The summed E-state index contributed by atoms with van der Waals surface area (Å²) in [7, 11) is 0. The first kappa shape index (κ1) is 17.4. The second-order valence-electron chi connectivity index (χ2n) is 6.49. The molecule has 0 atom stereocenters. The Morgan fingerprint density at radius 2 is 2.00 bits per heavy atom. The molecular formula is C18H25N5O2. The maximum Gasteiger partial charge on any atom is 0.223 e. The molecule has 0 unspecified atom stereocenters. The molecule has 2 amide bonds. The highest BCUT2D eigenvalue weighted by molar-refractivity contribution is 5.83. The first-order valence-electron chi connectivity index (χ1n) is 9.03. The Kier molecular flexibility index (Phi) is 5.63. The summed E-state index contributed by atoms with van der Waals surface area (Å²) in [5.74, 6) is 1.31. The topological polar surface area (TPSA) is 79.6 Å². The van der Waals surface area contributed by atoms with Gasteiger partial charge in [-0.25, -0.2) is 0 Å². The number of nitrogens with one attached hydrogen (secondary N) is 1. The van der Waals surface area contributed by atoms with E-state index in [0.29, 0.717) is 25.6 Å². The van der Waals surface area contributed by atoms with Crippen LogP contribution in [0.25, 0.3) is 5.65 Å². The van der Waals surface area contributed by atoms with Gasteiger partial charge in [0.1, 0.15) is 5.82 Å². The third-order valence-electron chi connectivity index (χ3n) is 4.69. The molecule has 3 rings (SSSR count). The summed E-state index contributed by atoms with van der Waals surface area (Å²) in [4.78, 5) is 25.8. The summed E-state index contributed by atoms with van der Waals surface area (Å²) in [6, 6.07) is 5.87. The second-order valence-corrected chi connectivity index (χ2v) is 6.49. The lowest BCUT2D eigenvalue weighted by Gasteiger charge is -2.31. The van der Waals surface area contributed by atoms with Gasteiger partial charge >= 0.3 is 0 Å². The molecule has 1 saturated heterocycles. The number of piperidine rings is 1. The molecule has 2 aromatic heterocycles. The normalized spacial score (nSPS) is 15.5. The standard InChI is InChI=1S/C18H25N5O2/c1-2-10-19-16(24)6-7-17(25)22-12-8-14(9-13-22)18-21-20-15-5-3-4-11-23(15)18/h3-5,11,14H,2,6-10,12-13H2,1H3,(H,19,24). The number of fused-ring (bicyclic) bond motifs is 1. The fourth-order valence-electron chi connectivity index (χ4n) is 3.26. The van der Waals surface area contributed by atoms with Gasteiger partial charge in [-0.15, -0.1) is 10.2 Å². The molecule has 3 heterocycles. The first-order chi connectivity index (χ1) is 12.2. The Balaban J connectivity index is 1.50. The Morgan fingerprint density at radius 1 is 1.20 bits per heavy atom. The van der Waals surface area contributed by atoms with Crippen molar-refractivity contribution < 1.29 is 9.59 Å². The molecule has 2 aromatic rings. The quantitative estimate of drug-likeness (QED) is 0.866. The fourth-order valence-corrected chi connectivity index (χ4v) is 3.26. The van der Waals surface area contributed by atoms with E-state index in [1.165, 1.54) is 0 Å². The van der Waals surface area contributed by atoms with Crippen molar-refractivity contribution in [3.05, 3.63) is 30.2 Å². The van der Waals surface area contributed by atoms with Crippen molar-refractivity contribution in [1.29, 1.82) is 0 Å². The minimum Gasteiger partial charge on any atom is -0.356 e. The highest BCUT2D eigenvalue weighted by Crippen LogP contribution is 2.27. The number of nitrogens with zero attached hydrogens (tertiary/aromatic N) is 4. The summed E-state index contributed by atoms with van der Waals surface area (Å²) in [5.41, 5.74) is 0.856. The summed E-state index contributed by atoms with van der Waals surface area (Å²) >= 11 is 0. The molecule has 1 N–H and O–H groups in total. The average molecular weight is 343 g/mol. The van der Waals surface area contributed by atoms with E-state index in [2.05, 4.69) is 15.5 Å². The van der Waals surface area contributed by atoms with E-state index in [9.17, 15) is 9.59 Å². The molecule has 0 radical (unpaired) electrons. The largest absolute Gasteiger partial charge is 0.356 e. The van der Waals surface area contributed by atoms with Crippen molar-refractivity contribution in [1.82, 2.24) is 24.8 Å². The molecule has 0 aromatic carbocycles. The van der Waals surface area contributed by atoms with Crippen LogP contribution >= 0.6 is 0 Å². The molecule has 0 saturated carbocycles. The SMILES string of the molecule is CCCNC(=O)CCC(=O)N1CCC(c2nnc3ccccn23)CC1. The molecular weight excluding hydrogens is 318 g/mol. The van der Waals surface area contributed by atoms with E-state index < -0.39 is 0 Å². The smallest absolute Gasteiger partial charge is 0.223 e. The van der Waals surface area contributed by atoms with E-state index in [1.54, 1.807) is 0 Å². The van der Waals surface area contributed by atoms with Gasteiger partial charge in [0.15, 0.2) is 5.65 Å². The number of aromatic nitrogens is 3. The number of rotatable bonds is 6. The molecule has 1 fully saturated rings. The van der Waals surface area contributed by atoms with Gasteiger partial charge in [0.25, 0.3) is 0 Å². The summed E-state index contributed by atoms with van der Waals surface area (Å²) < 4.78 is 2.03. The summed E-state index contributed by atoms with van der Waals surface area (Å²) in [6.07, 6.45) is 5.20. The van der Waals surface area contributed by atoms with E-state index >= 15 is 0 Å². The molecule has 7 heteroatoms. The van der Waals surface area contributed by atoms with E-state index in [0.717, 1.165) is 30.7 Å². The molecule has 1 aliphatic rings. The highest BCUT2D eigenvalue weighted by Gasteiger charge is 2.26. The zero-order chi connectivity index (χ0) is 17.6. The van der Waals surface area contributed by atoms with E-state index in [1.807, 2.05) is 40.6 Å². The summed E-state index contributed by atoms with van der Waals surface area (Å²) in [6.45, 7) is 4.10. The van der Waals surface area contributed by atoms with Crippen molar-refractivity contribution in [3.63, 3.8) is 0 Å². The lowest BCUT2D eigenvalue weighted by Crippen LogP contribution is -2.38. The van der Waals surface area contributed by atoms with E-state index in [-0.39, 0.29) is 24.7 Å². The third-order valence-corrected chi connectivity index (χ3v) is 4.69. The second kappa shape index (κ2) is 8.09. The highest BCUT2D eigenvalue weighted by atomic mass is 16.2. The van der Waals surface area contributed by atoms with Crippen LogP contribution in [0.3, 0.4) is 0 Å². The lowest BCUT2D eigenvalue weighted by atomic mass is 9.95. The molecule has 134 valence electrons. The number of pyridine rings is 1. The number of hydrogen-bond acceptors (Lipinski definition) is 4. The van der Waals surface area contributed by atoms with Gasteiger partial charge in [0.05, 0.1) is 0 Å². The maximum atomic E-state index is 12.3. The fraction of sp³-hybridized carbons (Fsp3) is 0.556. The first-order valence-corrected chi connectivity index (χ1v) is 9.03. The Hall–Kier alpha value is -2.44. The lowest BCUT2D eigenvalue weighted by molar-refractivity contribution is -0.134. The van der Waals surface area contributed by atoms with Gasteiger partial charge in [-0.2, -0.15) is 0 Å². The van der Waals surface area contributed by atoms with Crippen LogP contribution in [0.1, 0.15) is 50.8 Å². The number of amides is 2. The molecule has 1 aliphatic heterocycles. The number of carbonyl (C=O) groups excluding carboxylic acids is 2. The molecule has 0 aliphatic carbocycles. The average Bonchev–Trinajstić information content (AvgIpc) is 3.08. The maximum absolute atomic E-state index is 12.3. The van der Waals surface area contributed by atoms with Crippen LogP contribution in [0.5, 0.6) is 0 Å². The van der Waals surface area contributed by atoms with Gasteiger partial charge < -0.3 is 10.2 Å². The third kappa shape index (κ3) is 4.15. The zero-order valence-corrected chi connectivity index (χ0v) is 14.6. The van der Waals surface area contributed by atoms with Crippen LogP contribution in [0.2, 0.25) is 0 Å². The van der Waals surface area contributed by atoms with Crippen LogP contribution in [0.15, 0.2) is 24.4 Å². The Bertz CT molecular complexity index is 734. The minimum absolute atomic E-state index is 0.0417. The Labute approximate surface area is 147 Å². The molecule has 0 spiro atoms. The monoisotopic (exact) mass is 343 g/mol. The predicted octanol–water partition coefficient (Wildman–Crippen LogP) is 1.74. The predicted molar refractivity (Wildman–Crippen MR) is 94.1 cm³/mol. The van der Waals surface area contributed by atoms with Crippen molar-refractivity contribution in [2.45, 2.75) is 44.9 Å². The van der Waals surface area contributed by atoms with Gasteiger partial charge in [-0.3, -0.25) is 14.0 Å². The van der Waals surface area contributed by atoms with Crippen molar-refractivity contribution in [3.8, 4) is 0 Å². The van der Waals surface area contributed by atoms with Crippen LogP contribution in [-0.4, -0.2) is 50.9 Å². The van der Waals surface area contributed by atoms with Crippen LogP contribution in [0, 0.1) is 0 Å². The van der Waals surface area contributed by atoms with Crippen LogP contribution in [-0.2, 0) is 9.59 Å². The summed E-state index contributed by atoms with van der Waals surface area (Å²) in [5, 5.41) is 11.3. The van der Waals surface area contributed by atoms with Crippen LogP contribution < -0.4 is 5.32 Å². The van der Waals surface area contributed by atoms with Crippen molar-refractivity contribution >= 4 is 17.5 Å². The van der Waals surface area contributed by atoms with Gasteiger partial charge in [0, 0.05) is 44.6 Å². The number of likely N-dealkylation sites (tertiary alicyclic amines) is 1. The molecule has 25 heavy (non-hydrogen) atoms.